The maximum Gasteiger partial charge on any atom is 0.152 e. The van der Waals surface area contributed by atoms with Gasteiger partial charge < -0.3 is 5.73 Å². The molecule has 0 saturated heterocycles. The van der Waals surface area contributed by atoms with Gasteiger partial charge in [-0.05, 0) is 6.92 Å². The standard InChI is InChI=1S/C6H9N3.C3H8/c1-3-5-4(2)8-9-6(5)7;1-3-2/h3H,1H2,2H3,(H3,7,8,9);3H2,1-2H3. The first-order valence-corrected chi connectivity index (χ1v) is 4.10. The van der Waals surface area contributed by atoms with Crippen molar-refractivity contribution >= 4 is 11.9 Å². The zero-order valence-corrected chi connectivity index (χ0v) is 8.02. The summed E-state index contributed by atoms with van der Waals surface area (Å²) in [6.45, 7) is 9.74. The van der Waals surface area contributed by atoms with Gasteiger partial charge in [-0.3, -0.25) is 5.10 Å². The first kappa shape index (κ1) is 10.8. The van der Waals surface area contributed by atoms with Gasteiger partial charge >= 0.3 is 0 Å². The van der Waals surface area contributed by atoms with Crippen LogP contribution in [0.2, 0.25) is 0 Å². The predicted octanol–water partition coefficient (Wildman–Crippen LogP) is 2.36. The fourth-order valence-electron chi connectivity index (χ4n) is 0.714. The Labute approximate surface area is 73.7 Å². The molecule has 0 amide bonds. The Morgan fingerprint density at radius 3 is 2.25 bits per heavy atom. The van der Waals surface area contributed by atoms with Gasteiger partial charge in [0.15, 0.2) is 5.82 Å². The van der Waals surface area contributed by atoms with Crippen molar-refractivity contribution in [2.75, 3.05) is 5.73 Å². The number of nitrogens with zero attached hydrogens (tertiary/aromatic N) is 1. The Hall–Kier alpha value is -1.25. The van der Waals surface area contributed by atoms with E-state index in [0.717, 1.165) is 11.3 Å². The summed E-state index contributed by atoms with van der Waals surface area (Å²) in [6, 6.07) is 0. The molecule has 3 heteroatoms. The second-order valence-corrected chi connectivity index (χ2v) is 2.56. The summed E-state index contributed by atoms with van der Waals surface area (Å²) in [6.07, 6.45) is 2.94. The molecule has 0 aliphatic heterocycles. The second kappa shape index (κ2) is 5.41. The topological polar surface area (TPSA) is 54.7 Å². The molecular formula is C9H17N3. The maximum atomic E-state index is 5.44. The van der Waals surface area contributed by atoms with Gasteiger partial charge in [-0.25, -0.2) is 0 Å². The molecule has 0 spiro atoms. The molecule has 1 rings (SSSR count). The van der Waals surface area contributed by atoms with Crippen molar-refractivity contribution in [2.24, 2.45) is 0 Å². The molecule has 3 N–H and O–H groups in total. The lowest BCUT2D eigenvalue weighted by molar-refractivity contribution is 1.05. The maximum absolute atomic E-state index is 5.44. The molecule has 12 heavy (non-hydrogen) atoms. The molecule has 0 atom stereocenters. The summed E-state index contributed by atoms with van der Waals surface area (Å²) < 4.78 is 0. The number of hydrogen-bond acceptors (Lipinski definition) is 2. The fraction of sp³-hybridized carbons (Fsp3) is 0.444. The number of nitrogen functional groups attached to an aromatic ring is 1. The average Bonchev–Trinajstić information content (AvgIpc) is 2.33. The molecule has 0 unspecified atom stereocenters. The highest BCUT2D eigenvalue weighted by molar-refractivity contribution is 5.61. The molecule has 0 aliphatic rings. The zero-order chi connectivity index (χ0) is 9.56. The van der Waals surface area contributed by atoms with Crippen LogP contribution in [0, 0.1) is 6.92 Å². The minimum atomic E-state index is 0.516. The Morgan fingerprint density at radius 1 is 1.58 bits per heavy atom. The summed E-state index contributed by atoms with van der Waals surface area (Å²) >= 11 is 0. The highest BCUT2D eigenvalue weighted by atomic mass is 15.2. The van der Waals surface area contributed by atoms with Crippen LogP contribution in [0.5, 0.6) is 0 Å². The number of H-pyrrole nitrogens is 1. The Morgan fingerprint density at radius 2 is 2.08 bits per heavy atom. The SMILES string of the molecule is C=Cc1c(N)n[nH]c1C.CCC. The number of aryl methyl sites for hydroxylation is 1. The smallest absolute Gasteiger partial charge is 0.152 e. The normalized spacial score (nSPS) is 8.58. The molecule has 3 nitrogen and oxygen atoms in total. The van der Waals surface area contributed by atoms with E-state index < -0.39 is 0 Å². The average molecular weight is 167 g/mol. The van der Waals surface area contributed by atoms with Crippen molar-refractivity contribution in [3.8, 4) is 0 Å². The lowest BCUT2D eigenvalue weighted by atomic mass is 10.2. The highest BCUT2D eigenvalue weighted by Crippen LogP contribution is 2.12. The second-order valence-electron chi connectivity index (χ2n) is 2.56. The summed E-state index contributed by atoms with van der Waals surface area (Å²) in [5.74, 6) is 0.516. The van der Waals surface area contributed by atoms with E-state index >= 15 is 0 Å². The number of aromatic amines is 1. The molecule has 68 valence electrons. The van der Waals surface area contributed by atoms with Crippen LogP contribution >= 0.6 is 0 Å². The lowest BCUT2D eigenvalue weighted by Crippen LogP contribution is -1.85. The van der Waals surface area contributed by atoms with E-state index in [4.69, 9.17) is 5.73 Å². The predicted molar refractivity (Wildman–Crippen MR) is 53.8 cm³/mol. The van der Waals surface area contributed by atoms with Gasteiger partial charge in [0.05, 0.1) is 0 Å². The van der Waals surface area contributed by atoms with Crippen LogP contribution in [0.15, 0.2) is 6.58 Å². The Balaban J connectivity index is 0.000000354. The molecule has 0 fully saturated rings. The van der Waals surface area contributed by atoms with E-state index in [1.54, 1.807) is 6.08 Å². The summed E-state index contributed by atoms with van der Waals surface area (Å²) in [7, 11) is 0. The lowest BCUT2D eigenvalue weighted by Gasteiger charge is -1.86. The quantitative estimate of drug-likeness (QED) is 0.674. The van der Waals surface area contributed by atoms with E-state index in [9.17, 15) is 0 Å². The highest BCUT2D eigenvalue weighted by Gasteiger charge is 1.99. The summed E-state index contributed by atoms with van der Waals surface area (Å²) in [5, 5.41) is 6.51. The van der Waals surface area contributed by atoms with Crippen molar-refractivity contribution in [3.63, 3.8) is 0 Å². The molecule has 1 aromatic rings. The Bertz CT molecular complexity index is 218. The third-order valence-electron chi connectivity index (χ3n) is 1.23. The van der Waals surface area contributed by atoms with Crippen LogP contribution in [0.3, 0.4) is 0 Å². The van der Waals surface area contributed by atoms with Crippen LogP contribution in [0.4, 0.5) is 5.82 Å². The molecule has 0 radical (unpaired) electrons. The largest absolute Gasteiger partial charge is 0.382 e. The first-order chi connectivity index (χ1) is 5.67. The molecule has 0 saturated carbocycles. The zero-order valence-electron chi connectivity index (χ0n) is 8.02. The van der Waals surface area contributed by atoms with Crippen LogP contribution in [0.1, 0.15) is 31.5 Å². The van der Waals surface area contributed by atoms with E-state index in [1.165, 1.54) is 6.42 Å². The molecule has 1 heterocycles. The number of hydrogen-bond donors (Lipinski definition) is 2. The number of rotatable bonds is 1. The third kappa shape index (κ3) is 2.78. The number of anilines is 1. The third-order valence-corrected chi connectivity index (χ3v) is 1.23. The van der Waals surface area contributed by atoms with E-state index in [1.807, 2.05) is 6.92 Å². The van der Waals surface area contributed by atoms with Gasteiger partial charge in [0.1, 0.15) is 0 Å². The number of nitrogens with two attached hydrogens (primary N) is 1. The Kier molecular flexibility index (Phi) is 4.84. The first-order valence-electron chi connectivity index (χ1n) is 4.10. The molecular weight excluding hydrogens is 150 g/mol. The minimum absolute atomic E-state index is 0.516. The number of nitrogens with one attached hydrogen (secondary N) is 1. The van der Waals surface area contributed by atoms with Crippen LogP contribution in [-0.2, 0) is 0 Å². The van der Waals surface area contributed by atoms with Gasteiger partial charge in [0, 0.05) is 11.3 Å². The minimum Gasteiger partial charge on any atom is -0.382 e. The van der Waals surface area contributed by atoms with Crippen molar-refractivity contribution in [2.45, 2.75) is 27.2 Å². The van der Waals surface area contributed by atoms with Gasteiger partial charge in [0.25, 0.3) is 0 Å². The van der Waals surface area contributed by atoms with Crippen LogP contribution in [-0.4, -0.2) is 10.2 Å². The van der Waals surface area contributed by atoms with Crippen molar-refractivity contribution in [1.29, 1.82) is 0 Å². The fourth-order valence-corrected chi connectivity index (χ4v) is 0.714. The summed E-state index contributed by atoms with van der Waals surface area (Å²) in [5.41, 5.74) is 7.30. The molecule has 1 aromatic heterocycles. The van der Waals surface area contributed by atoms with Gasteiger partial charge in [0.2, 0.25) is 0 Å². The van der Waals surface area contributed by atoms with Crippen LogP contribution < -0.4 is 5.73 Å². The van der Waals surface area contributed by atoms with Crippen LogP contribution in [0.25, 0.3) is 6.08 Å². The van der Waals surface area contributed by atoms with E-state index in [2.05, 4.69) is 30.6 Å². The molecule has 0 aromatic carbocycles. The van der Waals surface area contributed by atoms with Gasteiger partial charge in [-0.1, -0.05) is 32.9 Å². The molecule has 0 bridgehead atoms. The molecule has 0 aliphatic carbocycles. The van der Waals surface area contributed by atoms with Gasteiger partial charge in [-0.2, -0.15) is 5.10 Å². The van der Waals surface area contributed by atoms with E-state index in [-0.39, 0.29) is 0 Å². The monoisotopic (exact) mass is 167 g/mol. The number of aromatic nitrogens is 2. The summed E-state index contributed by atoms with van der Waals surface area (Å²) in [4.78, 5) is 0. The van der Waals surface area contributed by atoms with Crippen molar-refractivity contribution < 1.29 is 0 Å². The van der Waals surface area contributed by atoms with Crippen molar-refractivity contribution in [3.05, 3.63) is 17.8 Å². The van der Waals surface area contributed by atoms with Gasteiger partial charge in [-0.15, -0.1) is 0 Å². The van der Waals surface area contributed by atoms with Crippen molar-refractivity contribution in [1.82, 2.24) is 10.2 Å². The van der Waals surface area contributed by atoms with E-state index in [0.29, 0.717) is 5.82 Å².